The van der Waals surface area contributed by atoms with Crippen LogP contribution in [-0.4, -0.2) is 51.8 Å². The first kappa shape index (κ1) is 41.7. The summed E-state index contributed by atoms with van der Waals surface area (Å²) in [5, 5.41) is 26.6. The van der Waals surface area contributed by atoms with E-state index in [1.807, 2.05) is 60.7 Å². The zero-order valence-corrected chi connectivity index (χ0v) is 35.7. The normalized spacial score (nSPS) is 28.9. The molecule has 7 atom stereocenters. The molecule has 0 unspecified atom stereocenters. The largest absolute Gasteiger partial charge is 0.415 e. The number of halogens is 2. The molecule has 0 aromatic heterocycles. The fraction of sp³-hybridized carbons (Fsp3) is 0.490. The molecule has 6 aliphatic rings. The van der Waals surface area contributed by atoms with Gasteiger partial charge in [-0.05, 0) is 152 Å². The first-order chi connectivity index (χ1) is 28.1. The highest BCUT2D eigenvalue weighted by Gasteiger charge is 2.59. The summed E-state index contributed by atoms with van der Waals surface area (Å²) in [5.41, 5.74) is 1.56. The maximum absolute atomic E-state index is 15.1. The van der Waals surface area contributed by atoms with Crippen molar-refractivity contribution in [1.82, 2.24) is 4.90 Å². The van der Waals surface area contributed by atoms with E-state index in [2.05, 4.69) is 33.8 Å². The molecule has 8 heteroatoms. The van der Waals surface area contributed by atoms with Crippen molar-refractivity contribution in [3.63, 3.8) is 0 Å². The number of carbonyl (C=O) groups excluding carboxylic acids is 2. The van der Waals surface area contributed by atoms with E-state index in [-0.39, 0.29) is 40.7 Å². The van der Waals surface area contributed by atoms with Gasteiger partial charge in [0.2, 0.25) is 0 Å². The van der Waals surface area contributed by atoms with Gasteiger partial charge in [0.15, 0.2) is 5.78 Å². The molecule has 4 saturated carbocycles. The molecule has 312 valence electrons. The lowest BCUT2D eigenvalue weighted by Crippen LogP contribution is -2.58. The Morgan fingerprint density at radius 2 is 1.73 bits per heavy atom. The Labute approximate surface area is 353 Å². The lowest BCUT2D eigenvalue weighted by molar-refractivity contribution is -0.119. The molecule has 6 nitrogen and oxygen atoms in total. The highest BCUT2D eigenvalue weighted by atomic mass is 35.5. The molecule has 0 saturated heterocycles. The Kier molecular flexibility index (Phi) is 11.6. The van der Waals surface area contributed by atoms with E-state index < -0.39 is 29.0 Å². The summed E-state index contributed by atoms with van der Waals surface area (Å²) >= 11 is 6.45. The van der Waals surface area contributed by atoms with Crippen LogP contribution in [0.1, 0.15) is 118 Å². The number of ketones is 1. The van der Waals surface area contributed by atoms with Gasteiger partial charge in [-0.15, -0.1) is 0 Å². The fourth-order valence-corrected chi connectivity index (χ4v) is 11.8. The second kappa shape index (κ2) is 16.4. The molecule has 0 radical (unpaired) electrons. The molecule has 10 rings (SSSR count). The quantitative estimate of drug-likeness (QED) is 0.137. The van der Waals surface area contributed by atoms with Gasteiger partial charge in [0.05, 0.1) is 18.2 Å². The lowest BCUT2D eigenvalue weighted by atomic mass is 9.45. The maximum atomic E-state index is 15.1. The van der Waals surface area contributed by atoms with Crippen molar-refractivity contribution in [3.05, 3.63) is 124 Å². The Morgan fingerprint density at radius 1 is 0.932 bits per heavy atom. The zero-order chi connectivity index (χ0) is 41.7. The van der Waals surface area contributed by atoms with E-state index >= 15 is 4.39 Å². The summed E-state index contributed by atoms with van der Waals surface area (Å²) in [6, 6.07) is 24.0. The molecule has 4 fully saturated rings. The first-order valence-corrected chi connectivity index (χ1v) is 22.1. The zero-order valence-electron chi connectivity index (χ0n) is 35.0. The minimum absolute atomic E-state index is 0.0978. The number of carbonyl (C=O) groups is 2. The standard InChI is InChI=1S/C51H59ClFNO5/c1-32-9-8-23-50(4)43(40-21-15-33(25-38(55)19-14-32)26-41(40)47(56)29-42-45(52)12-7-13-46(42)53)22-24-51(50,58)31-54(30-36-16-18-37-28-44(36)49(37,2)3)48(57)59-39-20-17-34-10-5-6-11-35(34)27-39/h5-7,9-13,15,17,20-21,26-27,36-38,43-44,55,58H,8,14,16,18-19,22-25,28-31H2,1-4H3/t36-,37-,38-,43-,44-,50-,51+/m0/s1. The van der Waals surface area contributed by atoms with Gasteiger partial charge in [-0.25, -0.2) is 9.18 Å². The summed E-state index contributed by atoms with van der Waals surface area (Å²) in [6.45, 7) is 9.55. The smallest absolute Gasteiger partial charge is 0.410 e. The number of Topliss-reactive ketones (excluding diaryl/α,β-unsaturated/α-hetero) is 1. The van der Waals surface area contributed by atoms with E-state index in [0.29, 0.717) is 74.1 Å². The summed E-state index contributed by atoms with van der Waals surface area (Å²) in [7, 11) is 0. The predicted molar refractivity (Wildman–Crippen MR) is 233 cm³/mol. The number of ether oxygens (including phenoxy) is 1. The summed E-state index contributed by atoms with van der Waals surface area (Å²) in [5.74, 6) is 0.923. The molecule has 2 N–H and O–H groups in total. The van der Waals surface area contributed by atoms with Gasteiger partial charge in [0.25, 0.3) is 0 Å². The van der Waals surface area contributed by atoms with Crippen molar-refractivity contribution in [3.8, 4) is 5.75 Å². The fourth-order valence-electron chi connectivity index (χ4n) is 11.6. The molecular formula is C51H59ClFNO5. The van der Waals surface area contributed by atoms with Crippen LogP contribution in [0.25, 0.3) is 10.8 Å². The third-order valence-electron chi connectivity index (χ3n) is 15.5. The summed E-state index contributed by atoms with van der Waals surface area (Å²) in [6.07, 6.45) is 8.31. The second-order valence-corrected chi connectivity index (χ2v) is 19.6. The monoisotopic (exact) mass is 819 g/mol. The molecular weight excluding hydrogens is 761 g/mol. The average Bonchev–Trinajstić information content (AvgIpc) is 3.46. The Bertz CT molecular complexity index is 2250. The minimum Gasteiger partial charge on any atom is -0.410 e. The maximum Gasteiger partial charge on any atom is 0.415 e. The van der Waals surface area contributed by atoms with Crippen molar-refractivity contribution in [2.24, 2.45) is 28.6 Å². The number of aliphatic hydroxyl groups excluding tert-OH is 1. The van der Waals surface area contributed by atoms with Gasteiger partial charge in [-0.3, -0.25) is 4.79 Å². The molecule has 1 amide bonds. The van der Waals surface area contributed by atoms with Gasteiger partial charge < -0.3 is 19.8 Å². The van der Waals surface area contributed by atoms with Crippen LogP contribution in [0.5, 0.6) is 5.75 Å². The van der Waals surface area contributed by atoms with Crippen LogP contribution in [0.3, 0.4) is 0 Å². The molecule has 0 aliphatic heterocycles. The van der Waals surface area contributed by atoms with E-state index in [9.17, 15) is 19.8 Å². The van der Waals surface area contributed by atoms with Gasteiger partial charge in [-0.1, -0.05) is 92.6 Å². The highest BCUT2D eigenvalue weighted by Crippen LogP contribution is 2.62. The number of amides is 1. The number of hydrogen-bond donors (Lipinski definition) is 2. The van der Waals surface area contributed by atoms with E-state index in [4.69, 9.17) is 16.3 Å². The molecule has 4 bridgehead atoms. The number of hydrogen-bond acceptors (Lipinski definition) is 5. The van der Waals surface area contributed by atoms with Crippen molar-refractivity contribution in [1.29, 1.82) is 0 Å². The van der Waals surface area contributed by atoms with Gasteiger partial charge >= 0.3 is 6.09 Å². The lowest BCUT2D eigenvalue weighted by Gasteiger charge is -2.60. The SMILES string of the molecule is CC1=CCC[C@@]2(C)[C@@H](CC[C@@]2(O)CN(C[C@@H]2CC[C@H]3C[C@@H]2C3(C)C)C(=O)Oc2ccc3ccccc3c2)c2ccc(cc2C(=O)Cc2c(F)cccc2Cl)C[C@@H](O)CC1. The van der Waals surface area contributed by atoms with Crippen LogP contribution in [0, 0.1) is 34.4 Å². The highest BCUT2D eigenvalue weighted by molar-refractivity contribution is 6.31. The molecule has 0 heterocycles. The molecule has 6 aliphatic carbocycles. The van der Waals surface area contributed by atoms with Crippen LogP contribution < -0.4 is 4.74 Å². The van der Waals surface area contributed by atoms with Crippen LogP contribution in [-0.2, 0) is 12.8 Å². The number of allylic oxidation sites excluding steroid dienone is 2. The summed E-state index contributed by atoms with van der Waals surface area (Å²) < 4.78 is 21.3. The number of benzene rings is 4. The van der Waals surface area contributed by atoms with E-state index in [1.165, 1.54) is 24.1 Å². The number of fused-ring (bicyclic) bond motifs is 11. The van der Waals surface area contributed by atoms with Crippen LogP contribution >= 0.6 is 11.6 Å². The van der Waals surface area contributed by atoms with E-state index in [1.54, 1.807) is 11.0 Å². The van der Waals surface area contributed by atoms with Gasteiger partial charge in [0.1, 0.15) is 11.6 Å². The van der Waals surface area contributed by atoms with Crippen molar-refractivity contribution in [2.45, 2.75) is 116 Å². The van der Waals surface area contributed by atoms with Gasteiger partial charge in [0, 0.05) is 34.5 Å². The van der Waals surface area contributed by atoms with Crippen molar-refractivity contribution < 1.29 is 28.9 Å². The van der Waals surface area contributed by atoms with Crippen molar-refractivity contribution in [2.75, 3.05) is 13.1 Å². The Hall–Kier alpha value is -4.04. The first-order valence-electron chi connectivity index (χ1n) is 21.8. The molecule has 0 spiro atoms. The number of nitrogens with zero attached hydrogens (tertiary/aromatic N) is 1. The van der Waals surface area contributed by atoms with Crippen LogP contribution in [0.15, 0.2) is 90.5 Å². The number of aliphatic hydroxyl groups is 2. The Balaban J connectivity index is 1.16. The van der Waals surface area contributed by atoms with Crippen LogP contribution in [0.2, 0.25) is 5.02 Å². The van der Waals surface area contributed by atoms with Crippen LogP contribution in [0.4, 0.5) is 9.18 Å². The molecule has 4 aromatic rings. The van der Waals surface area contributed by atoms with Crippen molar-refractivity contribution >= 4 is 34.2 Å². The minimum atomic E-state index is -1.32. The average molecular weight is 820 g/mol. The third-order valence-corrected chi connectivity index (χ3v) is 15.8. The third kappa shape index (κ3) is 8.12. The topological polar surface area (TPSA) is 87.1 Å². The predicted octanol–water partition coefficient (Wildman–Crippen LogP) is 11.7. The molecule has 4 aromatic carbocycles. The Morgan fingerprint density at radius 3 is 2.49 bits per heavy atom. The molecule has 59 heavy (non-hydrogen) atoms. The van der Waals surface area contributed by atoms with E-state index in [0.717, 1.165) is 41.2 Å². The second-order valence-electron chi connectivity index (χ2n) is 19.2. The summed E-state index contributed by atoms with van der Waals surface area (Å²) in [4.78, 5) is 30.8. The van der Waals surface area contributed by atoms with Gasteiger partial charge in [-0.2, -0.15) is 0 Å². The number of rotatable bonds is 8.